The van der Waals surface area contributed by atoms with Crippen molar-refractivity contribution in [1.82, 2.24) is 9.55 Å². The molecular weight excluding hydrogens is 341 g/mol. The lowest BCUT2D eigenvalue weighted by molar-refractivity contribution is -0.116. The molecule has 0 aliphatic rings. The largest absolute Gasteiger partial charge is 0.325 e. The summed E-state index contributed by atoms with van der Waals surface area (Å²) in [5.41, 5.74) is 3.47. The third-order valence-electron chi connectivity index (χ3n) is 4.37. The Balaban J connectivity index is 1.62. The maximum absolute atomic E-state index is 13.0. The number of anilines is 1. The molecule has 0 radical (unpaired) electrons. The van der Waals surface area contributed by atoms with Gasteiger partial charge >= 0.3 is 0 Å². The van der Waals surface area contributed by atoms with E-state index in [4.69, 9.17) is 4.98 Å². The molecule has 5 heteroatoms. The highest BCUT2D eigenvalue weighted by Crippen LogP contribution is 2.19. The van der Waals surface area contributed by atoms with Crippen molar-refractivity contribution in [1.29, 1.82) is 0 Å². The number of aromatic nitrogens is 2. The van der Waals surface area contributed by atoms with E-state index >= 15 is 0 Å². The number of fused-ring (bicyclic) bond motifs is 1. The van der Waals surface area contributed by atoms with Gasteiger partial charge in [0.05, 0.1) is 11.0 Å². The van der Waals surface area contributed by atoms with Crippen LogP contribution in [0, 0.1) is 5.82 Å². The van der Waals surface area contributed by atoms with Crippen LogP contribution >= 0.6 is 0 Å². The smallest absolute Gasteiger partial charge is 0.244 e. The lowest BCUT2D eigenvalue weighted by Gasteiger charge is -2.10. The molecule has 4 nitrogen and oxygen atoms in total. The number of nitrogens with zero attached hydrogens (tertiary/aromatic N) is 2. The number of hydrogen-bond donors (Lipinski definition) is 1. The van der Waals surface area contributed by atoms with Crippen LogP contribution in [0.4, 0.5) is 10.1 Å². The van der Waals surface area contributed by atoms with Crippen LogP contribution in [0.5, 0.6) is 0 Å². The molecule has 0 saturated carbocycles. The molecule has 0 fully saturated rings. The minimum atomic E-state index is -0.334. The number of carbonyl (C=O) groups is 1. The fraction of sp³-hybridized carbons (Fsp3) is 0.0909. The van der Waals surface area contributed by atoms with E-state index in [0.29, 0.717) is 12.1 Å². The Bertz CT molecular complexity index is 1070. The Morgan fingerprint density at radius 2 is 1.63 bits per heavy atom. The number of para-hydroxylation sites is 2. The van der Waals surface area contributed by atoms with E-state index in [-0.39, 0.29) is 18.3 Å². The average molecular weight is 359 g/mol. The maximum Gasteiger partial charge on any atom is 0.244 e. The minimum Gasteiger partial charge on any atom is -0.325 e. The van der Waals surface area contributed by atoms with E-state index in [0.717, 1.165) is 22.4 Å². The van der Waals surface area contributed by atoms with Crippen molar-refractivity contribution < 1.29 is 9.18 Å². The Morgan fingerprint density at radius 1 is 0.926 bits per heavy atom. The van der Waals surface area contributed by atoms with Crippen LogP contribution in [-0.2, 0) is 17.8 Å². The van der Waals surface area contributed by atoms with Gasteiger partial charge < -0.3 is 9.88 Å². The topological polar surface area (TPSA) is 46.9 Å². The summed E-state index contributed by atoms with van der Waals surface area (Å²) < 4.78 is 15.0. The van der Waals surface area contributed by atoms with E-state index < -0.39 is 0 Å². The van der Waals surface area contributed by atoms with Crippen molar-refractivity contribution in [2.24, 2.45) is 0 Å². The Kier molecular flexibility index (Phi) is 4.66. The molecular formula is C22H18FN3O. The first-order valence-electron chi connectivity index (χ1n) is 8.72. The maximum atomic E-state index is 13.0. The monoisotopic (exact) mass is 359 g/mol. The Labute approximate surface area is 156 Å². The Morgan fingerprint density at radius 3 is 2.41 bits per heavy atom. The highest BCUT2D eigenvalue weighted by Gasteiger charge is 2.14. The first kappa shape index (κ1) is 17.0. The third-order valence-corrected chi connectivity index (χ3v) is 4.37. The number of imidazole rings is 1. The molecule has 0 aliphatic heterocycles. The SMILES string of the molecule is O=C(Cn1c(Cc2ccccc2)nc2ccccc21)Nc1ccc(F)cc1. The molecule has 27 heavy (non-hydrogen) atoms. The van der Waals surface area contributed by atoms with Crippen molar-refractivity contribution in [2.45, 2.75) is 13.0 Å². The van der Waals surface area contributed by atoms with Gasteiger partial charge in [0, 0.05) is 12.1 Å². The summed E-state index contributed by atoms with van der Waals surface area (Å²) >= 11 is 0. The third kappa shape index (κ3) is 3.87. The molecule has 0 atom stereocenters. The predicted octanol–water partition coefficient (Wildman–Crippen LogP) is 4.40. The molecule has 4 rings (SSSR count). The lowest BCUT2D eigenvalue weighted by atomic mass is 10.1. The highest BCUT2D eigenvalue weighted by molar-refractivity contribution is 5.91. The fourth-order valence-corrected chi connectivity index (χ4v) is 3.09. The molecule has 0 saturated heterocycles. The molecule has 0 unspecified atom stereocenters. The van der Waals surface area contributed by atoms with Crippen LogP contribution in [0.1, 0.15) is 11.4 Å². The number of rotatable bonds is 5. The summed E-state index contributed by atoms with van der Waals surface area (Å²) in [6.07, 6.45) is 0.638. The number of benzene rings is 3. The lowest BCUT2D eigenvalue weighted by Crippen LogP contribution is -2.20. The zero-order valence-electron chi connectivity index (χ0n) is 14.6. The second kappa shape index (κ2) is 7.41. The standard InChI is InChI=1S/C22H18FN3O/c23-17-10-12-18(13-11-17)24-22(27)15-26-20-9-5-4-8-19(20)25-21(26)14-16-6-2-1-3-7-16/h1-13H,14-15H2,(H,24,27). The molecule has 4 aromatic rings. The summed E-state index contributed by atoms with van der Waals surface area (Å²) in [6.45, 7) is 0.139. The van der Waals surface area contributed by atoms with Crippen LogP contribution < -0.4 is 5.32 Å². The van der Waals surface area contributed by atoms with Crippen LogP contribution in [0.25, 0.3) is 11.0 Å². The van der Waals surface area contributed by atoms with Crippen molar-refractivity contribution in [2.75, 3.05) is 5.32 Å². The minimum absolute atomic E-state index is 0.139. The second-order valence-electron chi connectivity index (χ2n) is 6.32. The molecule has 0 bridgehead atoms. The molecule has 1 amide bonds. The molecule has 1 heterocycles. The normalized spacial score (nSPS) is 10.9. The summed E-state index contributed by atoms with van der Waals surface area (Å²) in [5, 5.41) is 2.81. The van der Waals surface area contributed by atoms with Gasteiger partial charge in [0.2, 0.25) is 5.91 Å². The van der Waals surface area contributed by atoms with Gasteiger partial charge in [-0.2, -0.15) is 0 Å². The number of amides is 1. The first-order valence-corrected chi connectivity index (χ1v) is 8.72. The molecule has 0 aliphatic carbocycles. The Hall–Kier alpha value is -3.47. The first-order chi connectivity index (χ1) is 13.2. The summed E-state index contributed by atoms with van der Waals surface area (Å²) in [7, 11) is 0. The van der Waals surface area contributed by atoms with Crippen LogP contribution in [-0.4, -0.2) is 15.5 Å². The van der Waals surface area contributed by atoms with Gasteiger partial charge in [-0.15, -0.1) is 0 Å². The van der Waals surface area contributed by atoms with E-state index in [2.05, 4.69) is 5.32 Å². The molecule has 134 valence electrons. The van der Waals surface area contributed by atoms with Gasteiger partial charge in [0.15, 0.2) is 0 Å². The number of halogens is 1. The van der Waals surface area contributed by atoms with Gasteiger partial charge in [0.25, 0.3) is 0 Å². The summed E-state index contributed by atoms with van der Waals surface area (Å²) in [5.74, 6) is 0.314. The highest BCUT2D eigenvalue weighted by atomic mass is 19.1. The van der Waals surface area contributed by atoms with Gasteiger partial charge in [-0.05, 0) is 42.0 Å². The quantitative estimate of drug-likeness (QED) is 0.574. The van der Waals surface area contributed by atoms with Gasteiger partial charge in [-0.1, -0.05) is 42.5 Å². The van der Waals surface area contributed by atoms with Crippen molar-refractivity contribution in [3.8, 4) is 0 Å². The molecule has 0 spiro atoms. The zero-order chi connectivity index (χ0) is 18.6. The van der Waals surface area contributed by atoms with Gasteiger partial charge in [-0.25, -0.2) is 9.37 Å². The van der Waals surface area contributed by atoms with Crippen LogP contribution in [0.15, 0.2) is 78.9 Å². The summed E-state index contributed by atoms with van der Waals surface area (Å²) in [6, 6.07) is 23.6. The molecule has 3 aromatic carbocycles. The number of nitrogens with one attached hydrogen (secondary N) is 1. The number of hydrogen-bond acceptors (Lipinski definition) is 2. The number of carbonyl (C=O) groups excluding carboxylic acids is 1. The van der Waals surface area contributed by atoms with Crippen LogP contribution in [0.3, 0.4) is 0 Å². The predicted molar refractivity (Wildman–Crippen MR) is 104 cm³/mol. The molecule has 1 N–H and O–H groups in total. The zero-order valence-corrected chi connectivity index (χ0v) is 14.6. The van der Waals surface area contributed by atoms with Gasteiger partial charge in [0.1, 0.15) is 18.2 Å². The van der Waals surface area contributed by atoms with Crippen LogP contribution in [0.2, 0.25) is 0 Å². The van der Waals surface area contributed by atoms with E-state index in [1.165, 1.54) is 12.1 Å². The van der Waals surface area contributed by atoms with E-state index in [1.807, 2.05) is 59.2 Å². The van der Waals surface area contributed by atoms with Crippen molar-refractivity contribution in [3.05, 3.63) is 96.1 Å². The van der Waals surface area contributed by atoms with E-state index in [9.17, 15) is 9.18 Å². The molecule has 1 aromatic heterocycles. The fourth-order valence-electron chi connectivity index (χ4n) is 3.09. The summed E-state index contributed by atoms with van der Waals surface area (Å²) in [4.78, 5) is 17.3. The van der Waals surface area contributed by atoms with E-state index in [1.54, 1.807) is 12.1 Å². The average Bonchev–Trinajstić information content (AvgIpc) is 3.01. The van der Waals surface area contributed by atoms with Crippen molar-refractivity contribution in [3.63, 3.8) is 0 Å². The van der Waals surface area contributed by atoms with Crippen molar-refractivity contribution >= 4 is 22.6 Å². The van der Waals surface area contributed by atoms with Gasteiger partial charge in [-0.3, -0.25) is 4.79 Å². The second-order valence-corrected chi connectivity index (χ2v) is 6.32.